The summed E-state index contributed by atoms with van der Waals surface area (Å²) in [5.41, 5.74) is 0.665. The second-order valence-electron chi connectivity index (χ2n) is 8.96. The van der Waals surface area contributed by atoms with Crippen LogP contribution in [-0.2, 0) is 10.0 Å². The van der Waals surface area contributed by atoms with Crippen molar-refractivity contribution in [3.05, 3.63) is 59.7 Å². The summed E-state index contributed by atoms with van der Waals surface area (Å²) >= 11 is 0. The predicted molar refractivity (Wildman–Crippen MR) is 117 cm³/mol. The molecule has 30 heavy (non-hydrogen) atoms. The lowest BCUT2D eigenvalue weighted by Gasteiger charge is -2.22. The lowest BCUT2D eigenvalue weighted by Crippen LogP contribution is -2.40. The van der Waals surface area contributed by atoms with Crippen LogP contribution in [-0.4, -0.2) is 27.0 Å². The number of rotatable bonds is 7. The molecule has 3 unspecified atom stereocenters. The first-order chi connectivity index (χ1) is 14.0. The highest BCUT2D eigenvalue weighted by Crippen LogP contribution is 2.47. The standard InChI is InChI=1S/C23H30N2O4S/c1-15-13-18(15)21(16-9-7-6-8-10-16)24-22(26)17-11-12-19(29-5)20(14-17)30(27,28)25-23(2,3)4/h6-12,14-15,18,21,25H,13H2,1-5H3,(H,24,26). The first-order valence-electron chi connectivity index (χ1n) is 10.1. The number of ether oxygens (including phenoxy) is 1. The van der Waals surface area contributed by atoms with Crippen molar-refractivity contribution in [3.8, 4) is 5.75 Å². The number of carbonyl (C=O) groups is 1. The summed E-state index contributed by atoms with van der Waals surface area (Å²) < 4.78 is 33.6. The lowest BCUT2D eigenvalue weighted by molar-refractivity contribution is 0.0930. The van der Waals surface area contributed by atoms with Gasteiger partial charge in [0.25, 0.3) is 5.91 Å². The Bertz CT molecular complexity index is 1010. The van der Waals surface area contributed by atoms with Crippen LogP contribution in [0.1, 0.15) is 56.1 Å². The molecule has 2 aromatic rings. The molecule has 0 aromatic heterocycles. The van der Waals surface area contributed by atoms with Gasteiger partial charge in [-0.15, -0.1) is 0 Å². The Morgan fingerprint density at radius 1 is 1.13 bits per heavy atom. The highest BCUT2D eigenvalue weighted by Gasteiger charge is 2.41. The molecule has 0 heterocycles. The van der Waals surface area contributed by atoms with Crippen LogP contribution in [0.15, 0.2) is 53.4 Å². The molecule has 0 bridgehead atoms. The van der Waals surface area contributed by atoms with Crippen molar-refractivity contribution in [3.63, 3.8) is 0 Å². The average molecular weight is 431 g/mol. The molecule has 0 saturated heterocycles. The van der Waals surface area contributed by atoms with E-state index in [4.69, 9.17) is 4.74 Å². The largest absolute Gasteiger partial charge is 0.495 e. The zero-order chi connectivity index (χ0) is 22.1. The van der Waals surface area contributed by atoms with Crippen LogP contribution >= 0.6 is 0 Å². The molecule has 2 N–H and O–H groups in total. The van der Waals surface area contributed by atoms with Crippen LogP contribution in [0.4, 0.5) is 0 Å². The Balaban J connectivity index is 1.91. The minimum absolute atomic E-state index is 0.0522. The van der Waals surface area contributed by atoms with Crippen molar-refractivity contribution in [2.75, 3.05) is 7.11 Å². The normalized spacial score (nSPS) is 19.8. The van der Waals surface area contributed by atoms with Gasteiger partial charge in [0.1, 0.15) is 10.6 Å². The minimum Gasteiger partial charge on any atom is -0.495 e. The Hall–Kier alpha value is -2.38. The smallest absolute Gasteiger partial charge is 0.251 e. The van der Waals surface area contributed by atoms with Crippen LogP contribution in [0.5, 0.6) is 5.75 Å². The van der Waals surface area contributed by atoms with E-state index in [-0.39, 0.29) is 28.2 Å². The summed E-state index contributed by atoms with van der Waals surface area (Å²) in [6.45, 7) is 7.45. The highest BCUT2D eigenvalue weighted by atomic mass is 32.2. The maximum absolute atomic E-state index is 13.1. The van der Waals surface area contributed by atoms with Crippen LogP contribution in [0.2, 0.25) is 0 Å². The van der Waals surface area contributed by atoms with Crippen molar-refractivity contribution in [1.29, 1.82) is 0 Å². The van der Waals surface area contributed by atoms with Crippen molar-refractivity contribution < 1.29 is 17.9 Å². The summed E-state index contributed by atoms with van der Waals surface area (Å²) in [7, 11) is -2.46. The third-order valence-corrected chi connectivity index (χ3v) is 6.98. The molecule has 3 atom stereocenters. The van der Waals surface area contributed by atoms with E-state index in [9.17, 15) is 13.2 Å². The Labute approximate surface area is 179 Å². The van der Waals surface area contributed by atoms with Crippen molar-refractivity contribution in [1.82, 2.24) is 10.0 Å². The average Bonchev–Trinajstić information content (AvgIpc) is 3.40. The van der Waals surface area contributed by atoms with Gasteiger partial charge in [-0.05, 0) is 62.8 Å². The molecule has 162 valence electrons. The maximum Gasteiger partial charge on any atom is 0.251 e. The molecule has 1 aliphatic carbocycles. The molecule has 0 spiro atoms. The van der Waals surface area contributed by atoms with E-state index in [1.54, 1.807) is 26.8 Å². The second kappa shape index (κ2) is 8.40. The fourth-order valence-corrected chi connectivity index (χ4v) is 5.24. The fraction of sp³-hybridized carbons (Fsp3) is 0.435. The first-order valence-corrected chi connectivity index (χ1v) is 11.6. The zero-order valence-electron chi connectivity index (χ0n) is 18.1. The Morgan fingerprint density at radius 3 is 2.30 bits per heavy atom. The van der Waals surface area contributed by atoms with E-state index in [0.29, 0.717) is 11.8 Å². The molecule has 1 aliphatic rings. The number of hydrogen-bond donors (Lipinski definition) is 2. The van der Waals surface area contributed by atoms with E-state index in [0.717, 1.165) is 12.0 Å². The molecule has 0 aliphatic heterocycles. The van der Waals surface area contributed by atoms with Gasteiger partial charge in [0.15, 0.2) is 0 Å². The summed E-state index contributed by atoms with van der Waals surface area (Å²) in [4.78, 5) is 13.0. The van der Waals surface area contributed by atoms with Gasteiger partial charge in [-0.3, -0.25) is 4.79 Å². The van der Waals surface area contributed by atoms with Gasteiger partial charge in [0.05, 0.1) is 13.2 Å². The van der Waals surface area contributed by atoms with Crippen LogP contribution in [0, 0.1) is 11.8 Å². The zero-order valence-corrected chi connectivity index (χ0v) is 18.9. The minimum atomic E-state index is -3.87. The number of nitrogens with one attached hydrogen (secondary N) is 2. The molecular weight excluding hydrogens is 400 g/mol. The Morgan fingerprint density at radius 2 is 1.77 bits per heavy atom. The lowest BCUT2D eigenvalue weighted by atomic mass is 10.0. The van der Waals surface area contributed by atoms with E-state index < -0.39 is 15.6 Å². The summed E-state index contributed by atoms with van der Waals surface area (Å²) in [5, 5.41) is 3.11. The number of carbonyl (C=O) groups excluding carboxylic acids is 1. The van der Waals surface area contributed by atoms with E-state index >= 15 is 0 Å². The van der Waals surface area contributed by atoms with Gasteiger partial charge in [0, 0.05) is 11.1 Å². The van der Waals surface area contributed by atoms with Crippen molar-refractivity contribution >= 4 is 15.9 Å². The van der Waals surface area contributed by atoms with Crippen LogP contribution in [0.25, 0.3) is 0 Å². The quantitative estimate of drug-likeness (QED) is 0.698. The highest BCUT2D eigenvalue weighted by molar-refractivity contribution is 7.89. The van der Waals surface area contributed by atoms with Crippen molar-refractivity contribution in [2.24, 2.45) is 11.8 Å². The molecule has 7 heteroatoms. The third-order valence-electron chi connectivity index (χ3n) is 5.20. The molecular formula is C23H30N2O4S. The fourth-order valence-electron chi connectivity index (χ4n) is 3.62. The topological polar surface area (TPSA) is 84.5 Å². The van der Waals surface area contributed by atoms with Gasteiger partial charge in [-0.1, -0.05) is 37.3 Å². The molecule has 1 fully saturated rings. The molecule has 2 aromatic carbocycles. The monoisotopic (exact) mass is 430 g/mol. The molecule has 1 amide bonds. The number of benzene rings is 2. The number of amides is 1. The molecule has 1 saturated carbocycles. The predicted octanol–water partition coefficient (Wildman–Crippen LogP) is 3.90. The van der Waals surface area contributed by atoms with Crippen molar-refractivity contribution in [2.45, 2.75) is 50.6 Å². The van der Waals surface area contributed by atoms with Gasteiger partial charge in [-0.25, -0.2) is 13.1 Å². The Kier molecular flexibility index (Phi) is 6.24. The summed E-state index contributed by atoms with van der Waals surface area (Å²) in [5.74, 6) is 0.801. The molecule has 6 nitrogen and oxygen atoms in total. The third kappa shape index (κ3) is 5.21. The number of hydrogen-bond acceptors (Lipinski definition) is 4. The van der Waals surface area contributed by atoms with Gasteiger partial charge >= 0.3 is 0 Å². The van der Waals surface area contributed by atoms with Crippen LogP contribution < -0.4 is 14.8 Å². The van der Waals surface area contributed by atoms with E-state index in [1.165, 1.54) is 19.2 Å². The SMILES string of the molecule is COc1ccc(C(=O)NC(c2ccccc2)C2CC2C)cc1S(=O)(=O)NC(C)(C)C. The van der Waals surface area contributed by atoms with E-state index in [1.807, 2.05) is 30.3 Å². The van der Waals surface area contributed by atoms with Gasteiger partial charge in [0.2, 0.25) is 10.0 Å². The number of sulfonamides is 1. The second-order valence-corrected chi connectivity index (χ2v) is 10.6. The molecule has 3 rings (SSSR count). The van der Waals surface area contributed by atoms with Gasteiger partial charge < -0.3 is 10.1 Å². The molecule has 0 radical (unpaired) electrons. The summed E-state index contributed by atoms with van der Waals surface area (Å²) in [6, 6.07) is 14.2. The van der Waals surface area contributed by atoms with Crippen LogP contribution in [0.3, 0.4) is 0 Å². The number of methoxy groups -OCH3 is 1. The first kappa shape index (κ1) is 22.3. The van der Waals surface area contributed by atoms with Gasteiger partial charge in [-0.2, -0.15) is 0 Å². The summed E-state index contributed by atoms with van der Waals surface area (Å²) in [6.07, 6.45) is 1.05. The maximum atomic E-state index is 13.1. The van der Waals surface area contributed by atoms with E-state index in [2.05, 4.69) is 17.0 Å².